The molecule has 4 aliphatic rings. The number of nitro benzene ring substituents is 3. The quantitative estimate of drug-likeness (QED) is 0.00611. The summed E-state index contributed by atoms with van der Waals surface area (Å²) in [6.45, 7) is 18.1. The van der Waals surface area contributed by atoms with Crippen molar-refractivity contribution in [3.8, 4) is 62.5 Å². The minimum Gasteiger partial charge on any atom is -0.493 e. The molecule has 0 spiro atoms. The van der Waals surface area contributed by atoms with Gasteiger partial charge in [-0.05, 0) is 142 Å². The van der Waals surface area contributed by atoms with Crippen molar-refractivity contribution in [1.29, 1.82) is 5.26 Å². The van der Waals surface area contributed by atoms with E-state index in [1.165, 1.54) is 130 Å². The summed E-state index contributed by atoms with van der Waals surface area (Å²) in [4.78, 5) is 44.1. The number of nitro groups is 3. The number of aromatic nitrogens is 2. The Morgan fingerprint density at radius 3 is 1.14 bits per heavy atom. The van der Waals surface area contributed by atoms with Crippen molar-refractivity contribution in [1.82, 2.24) is 29.6 Å². The number of hydrogen-bond donors (Lipinski definition) is 8. The first-order chi connectivity index (χ1) is 54.1. The van der Waals surface area contributed by atoms with E-state index in [0.717, 1.165) is 106 Å². The van der Waals surface area contributed by atoms with E-state index in [1.54, 1.807) is 39.4 Å². The standard InChI is InChI=1S/C16H24N4O2.C15H23N3O4.C15H25N3O2.C11H15ClN2O4.C10H11ClFNO4.C4H9N.C2H7N.CBrN.CH4O/c1-19-13-11-14(21-2)15(10-12(13)18-16(19)17)22-9-5-8-20-6-3-4-7-20;1-16-12-10-14(21-2)15(11-13(12)18(19)20)22-9-5-8-17-6-3-4-7-17;1-17-13-11-14(19-2)15(10-12(13)16)20-9-5-8-18-6-3-4-7-18;1-13-8-6-10(17-2)11(18-5-3-4-12)7-9(8)14(15)16;1-16-9-5-7(12)8(13(14)15)6-10(9)17-4-2-3-11;1-2-4-5-3-1;1-2-3;2-1-3;1-2/h10-11H,3-9H2,1-2H3,(H2,17,18);10-11,16H,3-9H2,1-2H3;10-11,17H,3-9,16H2,1-2H3;6-7,13H,3-5H2,1-2H3;5-6H,2-4H2,1H3;5H,1-4H2;2-3H2,1H3;;2H,1H3. The van der Waals surface area contributed by atoms with Crippen LogP contribution >= 0.6 is 39.1 Å². The van der Waals surface area contributed by atoms with Crippen molar-refractivity contribution >= 4 is 95.9 Å². The van der Waals surface area contributed by atoms with Crippen molar-refractivity contribution in [3.05, 3.63) is 96.8 Å². The molecule has 11 N–H and O–H groups in total. The molecular formula is C75H118BrCl2FN16O17. The predicted octanol–water partition coefficient (Wildman–Crippen LogP) is 12.9. The van der Waals surface area contributed by atoms with Gasteiger partial charge in [0, 0.05) is 125 Å². The van der Waals surface area contributed by atoms with Gasteiger partial charge >= 0.3 is 5.69 Å². The highest BCUT2D eigenvalue weighted by Gasteiger charge is 2.24. The van der Waals surface area contributed by atoms with E-state index in [4.69, 9.17) is 98.1 Å². The number of aryl methyl sites for hydroxylation is 1. The number of alkyl halides is 2. The predicted molar refractivity (Wildman–Crippen MR) is 445 cm³/mol. The van der Waals surface area contributed by atoms with Crippen LogP contribution < -0.4 is 85.8 Å². The Bertz CT molecular complexity index is 3700. The second kappa shape index (κ2) is 58.8. The number of nitrogen functional groups attached to an aromatic ring is 2. The van der Waals surface area contributed by atoms with Gasteiger partial charge in [0.15, 0.2) is 57.5 Å². The van der Waals surface area contributed by atoms with Crippen molar-refractivity contribution in [2.75, 3.05) is 215 Å². The average Bonchev–Trinajstić information content (AvgIpc) is 1.60. The molecule has 0 amide bonds. The maximum absolute atomic E-state index is 13.3. The Morgan fingerprint density at radius 1 is 0.527 bits per heavy atom. The molecule has 0 radical (unpaired) electrons. The van der Waals surface area contributed by atoms with Gasteiger partial charge in [0.2, 0.25) is 11.8 Å². The topological polar surface area (TPSA) is 419 Å². The summed E-state index contributed by atoms with van der Waals surface area (Å²) in [5.41, 5.74) is 20.0. The summed E-state index contributed by atoms with van der Waals surface area (Å²) in [5.74, 6) is 5.22. The van der Waals surface area contributed by atoms with E-state index in [-0.39, 0.29) is 29.5 Å². The first-order valence-electron chi connectivity index (χ1n) is 37.0. The van der Waals surface area contributed by atoms with Crippen LogP contribution in [0.15, 0.2) is 60.7 Å². The van der Waals surface area contributed by atoms with Crippen LogP contribution in [0.4, 0.5) is 50.2 Å². The lowest BCUT2D eigenvalue weighted by atomic mass is 10.2. The van der Waals surface area contributed by atoms with E-state index < -0.39 is 26.3 Å². The number of halogens is 4. The number of anilines is 5. The van der Waals surface area contributed by atoms with Crippen molar-refractivity contribution in [3.63, 3.8) is 0 Å². The van der Waals surface area contributed by atoms with E-state index in [2.05, 4.69) is 56.9 Å². The molecule has 0 saturated carbocycles. The highest BCUT2D eigenvalue weighted by molar-refractivity contribution is 9.12. The van der Waals surface area contributed by atoms with Gasteiger partial charge in [0.05, 0.1) is 124 Å². The number of imidazole rings is 1. The highest BCUT2D eigenvalue weighted by atomic mass is 79.9. The Morgan fingerprint density at radius 2 is 0.830 bits per heavy atom. The second-order valence-corrected chi connectivity index (χ2v) is 25.7. The average molecular weight is 1690 g/mol. The smallest absolute Gasteiger partial charge is 0.308 e. The monoisotopic (exact) mass is 1680 g/mol. The summed E-state index contributed by atoms with van der Waals surface area (Å²) in [5, 5.41) is 58.6. The van der Waals surface area contributed by atoms with Crippen LogP contribution in [0.2, 0.25) is 0 Å². The molecule has 0 bridgehead atoms. The van der Waals surface area contributed by atoms with E-state index in [0.29, 0.717) is 109 Å². The lowest BCUT2D eigenvalue weighted by Crippen LogP contribution is -2.22. The largest absolute Gasteiger partial charge is 0.493 e. The zero-order chi connectivity index (χ0) is 83.2. The third kappa shape index (κ3) is 35.8. The minimum atomic E-state index is -0.962. The molecule has 37 heteroatoms. The van der Waals surface area contributed by atoms with Crippen LogP contribution in [0.25, 0.3) is 11.0 Å². The number of aliphatic hydroxyl groups is 1. The zero-order valence-electron chi connectivity index (χ0n) is 66.6. The van der Waals surface area contributed by atoms with Gasteiger partial charge in [-0.1, -0.05) is 6.92 Å². The summed E-state index contributed by atoms with van der Waals surface area (Å²) in [6.07, 6.45) is 14.8. The molecule has 4 aliphatic heterocycles. The molecule has 6 aromatic rings. The number of likely N-dealkylation sites (tertiary alicyclic amines) is 3. The number of benzene rings is 5. The van der Waals surface area contributed by atoms with E-state index in [1.807, 2.05) is 49.9 Å². The Labute approximate surface area is 675 Å². The van der Waals surface area contributed by atoms with Crippen LogP contribution in [0.5, 0.6) is 57.5 Å². The van der Waals surface area contributed by atoms with Crippen molar-refractivity contribution in [2.45, 2.75) is 90.4 Å². The maximum atomic E-state index is 13.3. The van der Waals surface area contributed by atoms with E-state index in [9.17, 15) is 34.7 Å². The van der Waals surface area contributed by atoms with Crippen LogP contribution in [0.3, 0.4) is 0 Å². The molecule has 4 saturated heterocycles. The molecule has 4 fully saturated rings. The number of ether oxygens (including phenoxy) is 10. The Kier molecular flexibility index (Phi) is 52.0. The van der Waals surface area contributed by atoms with Crippen molar-refractivity contribution < 1.29 is 71.6 Å². The second-order valence-electron chi connectivity index (χ2n) is 24.6. The molecule has 33 nitrogen and oxygen atoms in total. The normalized spacial score (nSPS) is 13.2. The summed E-state index contributed by atoms with van der Waals surface area (Å²) >= 11 is 13.5. The number of nitrogens with zero attached hydrogens (tertiary/aromatic N) is 9. The number of nitrogens with one attached hydrogen (secondary N) is 4. The molecule has 5 aromatic carbocycles. The lowest BCUT2D eigenvalue weighted by Gasteiger charge is -2.16. The number of hydrogen-bond acceptors (Lipinski definition) is 29. The molecule has 1 aromatic heterocycles. The molecule has 0 atom stereocenters. The lowest BCUT2D eigenvalue weighted by molar-refractivity contribution is -0.387. The number of rotatable bonds is 34. The van der Waals surface area contributed by atoms with Crippen LogP contribution in [0, 0.1) is 46.4 Å². The maximum Gasteiger partial charge on any atom is 0.308 e. The highest BCUT2D eigenvalue weighted by Crippen LogP contribution is 2.41. The van der Waals surface area contributed by atoms with Gasteiger partial charge in [-0.15, -0.1) is 23.2 Å². The van der Waals surface area contributed by atoms with Crippen LogP contribution in [-0.2, 0) is 7.05 Å². The summed E-state index contributed by atoms with van der Waals surface area (Å²) in [6, 6.07) is 15.3. The fraction of sp³-hybridized carbons (Fsp3) is 0.573. The van der Waals surface area contributed by atoms with Crippen LogP contribution in [-0.4, -0.2) is 231 Å². The van der Waals surface area contributed by atoms with Gasteiger partial charge in [-0.25, -0.2) is 4.98 Å². The van der Waals surface area contributed by atoms with Gasteiger partial charge in [-0.2, -0.15) is 9.65 Å². The third-order valence-corrected chi connectivity index (χ3v) is 17.5. The number of methoxy groups -OCH3 is 5. The first kappa shape index (κ1) is 99.1. The molecular weight excluding hydrogens is 1570 g/mol. The van der Waals surface area contributed by atoms with Gasteiger partial charge in [0.25, 0.3) is 11.4 Å². The summed E-state index contributed by atoms with van der Waals surface area (Å²) in [7, 11) is 15.6. The zero-order valence-corrected chi connectivity index (χ0v) is 69.7. The Hall–Kier alpha value is -8.99. The fourth-order valence-electron chi connectivity index (χ4n) is 11.4. The van der Waals surface area contributed by atoms with Gasteiger partial charge < -0.3 is 110 Å². The number of nitriles is 1. The summed E-state index contributed by atoms with van der Waals surface area (Å²) < 4.78 is 69.2. The molecule has 0 unspecified atom stereocenters. The fourth-order valence-corrected chi connectivity index (χ4v) is 11.6. The first-order valence-corrected chi connectivity index (χ1v) is 38.8. The molecule has 10 rings (SSSR count). The molecule has 5 heterocycles. The van der Waals surface area contributed by atoms with Gasteiger partial charge in [0.1, 0.15) is 16.4 Å². The van der Waals surface area contributed by atoms with Crippen molar-refractivity contribution in [2.24, 2.45) is 12.8 Å². The van der Waals surface area contributed by atoms with Crippen LogP contribution in [0.1, 0.15) is 90.4 Å². The van der Waals surface area contributed by atoms with Gasteiger partial charge in [-0.3, -0.25) is 30.3 Å². The van der Waals surface area contributed by atoms with E-state index >= 15 is 0 Å². The Balaban J connectivity index is 0.000000457. The minimum absolute atomic E-state index is 0.0159. The number of aliphatic hydroxyl groups excluding tert-OH is 1. The molecule has 112 heavy (non-hydrogen) atoms. The SMILES string of the molecule is C1CCNC1.CCN.CNc1cc(OC)c(OCCCCl)cc1[N+](=O)[O-].CNc1cc(OC)c(OCCCN2CCCC2)cc1N.CNc1cc(OC)c(OCCCN2CCCC2)cc1[N+](=O)[O-].CO.COc1cc(F)c([N+](=O)[O-])cc1OCCCCl.COc1cc2c(cc1OCCCN1CCCC1)nc(N)n2C.N#CBr. The molecule has 628 valence electrons. The third-order valence-electron chi connectivity index (χ3n) is 17.0. The number of nitrogens with two attached hydrogens (primary N) is 3. The molecule has 0 aliphatic carbocycles. The number of fused-ring (bicyclic) bond motifs is 1.